The minimum atomic E-state index is -0.465. The van der Waals surface area contributed by atoms with Gasteiger partial charge in [0.15, 0.2) is 0 Å². The number of carbonyl (C=O) groups excluding carboxylic acids is 2. The largest absolute Gasteiger partial charge is 0.490 e. The topological polar surface area (TPSA) is 79.6 Å². The second kappa shape index (κ2) is 14.1. The van der Waals surface area contributed by atoms with Gasteiger partial charge in [-0.2, -0.15) is 0 Å². The van der Waals surface area contributed by atoms with Crippen molar-refractivity contribution in [1.82, 2.24) is 19.7 Å². The van der Waals surface area contributed by atoms with Crippen molar-refractivity contribution in [3.05, 3.63) is 63.7 Å². The van der Waals surface area contributed by atoms with Crippen LogP contribution in [-0.2, 0) is 11.3 Å². The normalized spacial score (nSPS) is 22.7. The molecule has 0 N–H and O–H groups in total. The molecule has 1 aromatic heterocycles. The van der Waals surface area contributed by atoms with Gasteiger partial charge in [0.25, 0.3) is 5.91 Å². The number of pyridine rings is 1. The van der Waals surface area contributed by atoms with Crippen LogP contribution in [0, 0.1) is 24.3 Å². The summed E-state index contributed by atoms with van der Waals surface area (Å²) in [7, 11) is 0. The number of aromatic nitrogens is 1. The Kier molecular flexibility index (Phi) is 9.96. The van der Waals surface area contributed by atoms with Crippen LogP contribution in [0.2, 0.25) is 5.02 Å². The average molecular weight is 658 g/mol. The van der Waals surface area contributed by atoms with E-state index in [-0.39, 0.29) is 24.1 Å². The van der Waals surface area contributed by atoms with Crippen LogP contribution in [0.1, 0.15) is 93.9 Å². The summed E-state index contributed by atoms with van der Waals surface area (Å²) in [5.74, 6) is 7.86. The third kappa shape index (κ3) is 8.03. The third-order valence-electron chi connectivity index (χ3n) is 9.78. The Morgan fingerprint density at radius 1 is 0.979 bits per heavy atom. The number of halogens is 1. The molecular weight excluding hydrogens is 614 g/mol. The number of ether oxygens (including phenoxy) is 2. The van der Waals surface area contributed by atoms with E-state index in [9.17, 15) is 9.59 Å². The van der Waals surface area contributed by atoms with Crippen molar-refractivity contribution in [3.63, 3.8) is 0 Å². The molecule has 2 saturated heterocycles. The lowest BCUT2D eigenvalue weighted by atomic mass is 9.92. The van der Waals surface area contributed by atoms with E-state index in [2.05, 4.69) is 21.6 Å². The maximum Gasteiger partial charge on any atom is 0.410 e. The molecule has 4 aliphatic rings. The Labute approximate surface area is 283 Å². The maximum absolute atomic E-state index is 13.3. The molecule has 2 amide bonds. The summed E-state index contributed by atoms with van der Waals surface area (Å²) in [5, 5.41) is 0.402. The van der Waals surface area contributed by atoms with Crippen molar-refractivity contribution in [1.29, 1.82) is 0 Å². The highest BCUT2D eigenvalue weighted by Crippen LogP contribution is 2.34. The minimum absolute atomic E-state index is 0.0576. The number of likely N-dealkylation sites (tertiary alicyclic amines) is 2. The Hall–Kier alpha value is -3.79. The molecule has 9 nitrogen and oxygen atoms in total. The van der Waals surface area contributed by atoms with E-state index in [0.29, 0.717) is 40.5 Å². The Bertz CT molecular complexity index is 1580. The molecule has 0 unspecified atom stereocenters. The van der Waals surface area contributed by atoms with Crippen LogP contribution in [0.3, 0.4) is 0 Å². The van der Waals surface area contributed by atoms with E-state index in [1.54, 1.807) is 18.2 Å². The fourth-order valence-corrected chi connectivity index (χ4v) is 7.43. The van der Waals surface area contributed by atoms with Gasteiger partial charge in [-0.25, -0.2) is 14.6 Å². The van der Waals surface area contributed by atoms with E-state index in [0.717, 1.165) is 88.9 Å². The molecule has 47 heavy (non-hydrogen) atoms. The van der Waals surface area contributed by atoms with Crippen LogP contribution in [0.25, 0.3) is 4.85 Å². The zero-order valence-electron chi connectivity index (χ0n) is 27.6. The number of hydrogen-bond acceptors (Lipinski definition) is 6. The zero-order valence-corrected chi connectivity index (χ0v) is 28.4. The molecule has 10 heteroatoms. The molecular formula is C37H44ClN5O4. The number of carbonyl (C=O) groups is 2. The molecule has 3 fully saturated rings. The first-order valence-corrected chi connectivity index (χ1v) is 17.3. The number of nitrogens with zero attached hydrogens (tertiary/aromatic N) is 5. The highest BCUT2D eigenvalue weighted by molar-refractivity contribution is 6.33. The predicted octanol–water partition coefficient (Wildman–Crippen LogP) is 7.09. The van der Waals surface area contributed by atoms with Gasteiger partial charge in [-0.15, -0.1) is 0 Å². The quantitative estimate of drug-likeness (QED) is 0.258. The molecule has 248 valence electrons. The van der Waals surface area contributed by atoms with Crippen molar-refractivity contribution < 1.29 is 19.1 Å². The van der Waals surface area contributed by atoms with Crippen LogP contribution in [-0.4, -0.2) is 81.7 Å². The highest BCUT2D eigenvalue weighted by atomic mass is 35.5. The fraction of sp³-hybridized carbons (Fsp3) is 0.568. The summed E-state index contributed by atoms with van der Waals surface area (Å²) in [6.07, 6.45) is 7.31. The molecule has 0 radical (unpaired) electrons. The minimum Gasteiger partial charge on any atom is -0.490 e. The van der Waals surface area contributed by atoms with Gasteiger partial charge >= 0.3 is 6.09 Å². The first-order valence-electron chi connectivity index (χ1n) is 16.9. The molecule has 0 bridgehead atoms. The molecule has 4 heterocycles. The number of piperidine rings is 2. The van der Waals surface area contributed by atoms with Gasteiger partial charge in [-0.1, -0.05) is 23.6 Å². The van der Waals surface area contributed by atoms with E-state index in [4.69, 9.17) is 32.6 Å². The number of fused-ring (bicyclic) bond motifs is 1. The average Bonchev–Trinajstić information content (AvgIpc) is 3.39. The van der Waals surface area contributed by atoms with Crippen LogP contribution in [0.5, 0.6) is 5.75 Å². The van der Waals surface area contributed by atoms with E-state index in [1.807, 2.05) is 42.7 Å². The van der Waals surface area contributed by atoms with Gasteiger partial charge in [0.2, 0.25) is 5.69 Å². The van der Waals surface area contributed by atoms with Crippen LogP contribution >= 0.6 is 11.6 Å². The Morgan fingerprint density at radius 3 is 2.36 bits per heavy atom. The van der Waals surface area contributed by atoms with E-state index < -0.39 is 5.60 Å². The van der Waals surface area contributed by atoms with Gasteiger partial charge in [-0.05, 0) is 115 Å². The SMILES string of the molecule is [C-]#[N+]c1ccc(OC2CCC(N3Cc4nc(C#CC5CCN(C6CCN(C(=O)OC(C)(C)C)CC6)CC5)ccc4C3=O)CC2)cc1Cl. The molecule has 6 rings (SSSR count). The van der Waals surface area contributed by atoms with Crippen molar-refractivity contribution in [2.24, 2.45) is 5.92 Å². The molecule has 3 aliphatic heterocycles. The number of benzene rings is 1. The Morgan fingerprint density at radius 2 is 1.70 bits per heavy atom. The van der Waals surface area contributed by atoms with Crippen LogP contribution in [0.15, 0.2) is 30.3 Å². The summed E-state index contributed by atoms with van der Waals surface area (Å²) in [4.78, 5) is 40.3. The van der Waals surface area contributed by atoms with Gasteiger partial charge in [0, 0.05) is 31.1 Å². The molecule has 1 aliphatic carbocycles. The highest BCUT2D eigenvalue weighted by Gasteiger charge is 2.36. The molecule has 1 aromatic carbocycles. The summed E-state index contributed by atoms with van der Waals surface area (Å²) in [5.41, 5.74) is 2.20. The van der Waals surface area contributed by atoms with Crippen molar-refractivity contribution in [3.8, 4) is 17.6 Å². The monoisotopic (exact) mass is 657 g/mol. The first kappa shape index (κ1) is 33.1. The van der Waals surface area contributed by atoms with Gasteiger partial charge in [-0.3, -0.25) is 4.79 Å². The maximum atomic E-state index is 13.3. The van der Waals surface area contributed by atoms with Crippen molar-refractivity contribution in [2.45, 2.75) is 102 Å². The summed E-state index contributed by atoms with van der Waals surface area (Å²) in [6, 6.07) is 9.63. The second-order valence-corrected chi connectivity index (χ2v) is 14.6. The lowest BCUT2D eigenvalue weighted by Gasteiger charge is -2.41. The van der Waals surface area contributed by atoms with Crippen molar-refractivity contribution in [2.75, 3.05) is 26.2 Å². The Balaban J connectivity index is 0.956. The lowest BCUT2D eigenvalue weighted by molar-refractivity contribution is 0.0125. The molecule has 2 aromatic rings. The second-order valence-electron chi connectivity index (χ2n) is 14.2. The fourth-order valence-electron chi connectivity index (χ4n) is 7.21. The number of rotatable bonds is 4. The predicted molar refractivity (Wildman–Crippen MR) is 181 cm³/mol. The molecule has 0 atom stereocenters. The first-order chi connectivity index (χ1) is 22.6. The standard InChI is InChI=1S/C37H44ClN5O4/c1-37(2,3)47-36(45)42-21-17-27(18-22-42)41-19-15-25(16-20-41)5-6-26-7-13-31-34(40-26)24-43(35(31)44)28-8-10-29(11-9-28)46-30-12-14-33(39-4)32(38)23-30/h7,12-14,23,25,27-29H,8-11,15-22,24H2,1-3H3. The number of amides is 2. The summed E-state index contributed by atoms with van der Waals surface area (Å²) < 4.78 is 11.7. The smallest absolute Gasteiger partial charge is 0.410 e. The molecule has 1 saturated carbocycles. The lowest BCUT2D eigenvalue weighted by Crippen LogP contribution is -2.49. The summed E-state index contributed by atoms with van der Waals surface area (Å²) in [6.45, 7) is 16.9. The van der Waals surface area contributed by atoms with E-state index in [1.165, 1.54) is 0 Å². The van der Waals surface area contributed by atoms with Gasteiger partial charge in [0.05, 0.1) is 35.5 Å². The van der Waals surface area contributed by atoms with Crippen molar-refractivity contribution >= 4 is 29.3 Å². The molecule has 0 spiro atoms. The summed E-state index contributed by atoms with van der Waals surface area (Å²) >= 11 is 6.18. The van der Waals surface area contributed by atoms with Crippen LogP contribution in [0.4, 0.5) is 10.5 Å². The number of hydrogen-bond donors (Lipinski definition) is 0. The third-order valence-corrected chi connectivity index (χ3v) is 10.1. The van der Waals surface area contributed by atoms with E-state index >= 15 is 0 Å². The van der Waals surface area contributed by atoms with Gasteiger partial charge < -0.3 is 24.2 Å². The van der Waals surface area contributed by atoms with Gasteiger partial charge in [0.1, 0.15) is 17.0 Å². The van der Waals surface area contributed by atoms with Crippen LogP contribution < -0.4 is 4.74 Å². The zero-order chi connectivity index (χ0) is 33.1.